The van der Waals surface area contributed by atoms with E-state index in [1.807, 2.05) is 43.3 Å². The number of hydrogen-bond donors (Lipinski definition) is 1. The Balaban J connectivity index is 1.80. The first-order valence-corrected chi connectivity index (χ1v) is 11.5. The van der Waals surface area contributed by atoms with Crippen molar-refractivity contribution in [2.24, 2.45) is 0 Å². The predicted molar refractivity (Wildman–Crippen MR) is 136 cm³/mol. The Bertz CT molecular complexity index is 1270. The van der Waals surface area contributed by atoms with Crippen molar-refractivity contribution in [2.45, 2.75) is 13.5 Å². The number of ether oxygens (including phenoxy) is 3. The van der Waals surface area contributed by atoms with Crippen LogP contribution in [0, 0.1) is 11.3 Å². The lowest BCUT2D eigenvalue weighted by molar-refractivity contribution is -0.112. The lowest BCUT2D eigenvalue weighted by Crippen LogP contribution is -2.13. The highest BCUT2D eigenvalue weighted by atomic mass is 79.9. The number of esters is 1. The van der Waals surface area contributed by atoms with Crippen molar-refractivity contribution in [3.63, 3.8) is 0 Å². The first kappa shape index (κ1) is 25.5. The van der Waals surface area contributed by atoms with Gasteiger partial charge in [-0.2, -0.15) is 5.26 Å². The molecule has 0 saturated carbocycles. The third-order valence-corrected chi connectivity index (χ3v) is 5.39. The molecule has 178 valence electrons. The van der Waals surface area contributed by atoms with Crippen LogP contribution in [0.4, 0.5) is 5.69 Å². The average molecular weight is 535 g/mol. The molecular formula is C27H23BrN2O5. The van der Waals surface area contributed by atoms with Gasteiger partial charge in [-0.15, -0.1) is 0 Å². The SMILES string of the molecule is CCOc1cc(/C=C(\C#N)C(=O)Nc2ccc(C(=O)OC)cc2)cc(Br)c1OCc1ccccc1. The maximum atomic E-state index is 12.7. The lowest BCUT2D eigenvalue weighted by atomic mass is 10.1. The van der Waals surface area contributed by atoms with Crippen molar-refractivity contribution >= 4 is 39.6 Å². The minimum atomic E-state index is -0.586. The molecule has 7 nitrogen and oxygen atoms in total. The third kappa shape index (κ3) is 6.95. The van der Waals surface area contributed by atoms with E-state index in [1.54, 1.807) is 24.3 Å². The predicted octanol–water partition coefficient (Wildman–Crippen LogP) is 5.76. The minimum absolute atomic E-state index is 0.102. The van der Waals surface area contributed by atoms with Crippen LogP contribution in [-0.2, 0) is 16.1 Å². The highest BCUT2D eigenvalue weighted by Crippen LogP contribution is 2.38. The van der Waals surface area contributed by atoms with Gasteiger partial charge >= 0.3 is 5.97 Å². The summed E-state index contributed by atoms with van der Waals surface area (Å²) in [6.07, 6.45) is 1.46. The molecule has 0 aromatic heterocycles. The quantitative estimate of drug-likeness (QED) is 0.213. The molecule has 3 aromatic carbocycles. The van der Waals surface area contributed by atoms with Crippen molar-refractivity contribution < 1.29 is 23.8 Å². The van der Waals surface area contributed by atoms with Crippen molar-refractivity contribution in [2.75, 3.05) is 19.0 Å². The first-order chi connectivity index (χ1) is 16.9. The molecule has 0 radical (unpaired) electrons. The number of nitrogens with one attached hydrogen (secondary N) is 1. The Kier molecular flexibility index (Phi) is 9.04. The molecule has 1 N–H and O–H groups in total. The molecule has 3 rings (SSSR count). The summed E-state index contributed by atoms with van der Waals surface area (Å²) in [6, 6.07) is 21.3. The summed E-state index contributed by atoms with van der Waals surface area (Å²) in [5.74, 6) is -0.0502. The number of anilines is 1. The van der Waals surface area contributed by atoms with Crippen LogP contribution in [0.5, 0.6) is 11.5 Å². The van der Waals surface area contributed by atoms with Crippen LogP contribution in [0.3, 0.4) is 0 Å². The molecule has 0 saturated heterocycles. The Morgan fingerprint density at radius 3 is 2.40 bits per heavy atom. The van der Waals surface area contributed by atoms with E-state index in [2.05, 4.69) is 26.0 Å². The van der Waals surface area contributed by atoms with E-state index in [-0.39, 0.29) is 5.57 Å². The van der Waals surface area contributed by atoms with Crippen LogP contribution in [0.2, 0.25) is 0 Å². The fraction of sp³-hybridized carbons (Fsp3) is 0.148. The number of benzene rings is 3. The Hall–Kier alpha value is -4.09. The molecule has 8 heteroatoms. The van der Waals surface area contributed by atoms with E-state index in [0.29, 0.717) is 46.0 Å². The number of hydrogen-bond acceptors (Lipinski definition) is 6. The van der Waals surface area contributed by atoms with E-state index in [0.717, 1.165) is 5.56 Å². The number of carbonyl (C=O) groups excluding carboxylic acids is 2. The van der Waals surface area contributed by atoms with Gasteiger partial charge in [-0.25, -0.2) is 4.79 Å². The van der Waals surface area contributed by atoms with Gasteiger partial charge in [-0.05, 0) is 76.5 Å². The summed E-state index contributed by atoms with van der Waals surface area (Å²) in [5, 5.41) is 12.2. The second kappa shape index (κ2) is 12.4. The standard InChI is InChI=1S/C27H23BrN2O5/c1-3-34-24-15-19(14-23(28)25(24)35-17-18-7-5-4-6-8-18)13-21(16-29)26(31)30-22-11-9-20(10-12-22)27(32)33-2/h4-15H,3,17H2,1-2H3,(H,30,31)/b21-13+. The molecule has 0 unspecified atom stereocenters. The minimum Gasteiger partial charge on any atom is -0.490 e. The molecular weight excluding hydrogens is 512 g/mol. The van der Waals surface area contributed by atoms with E-state index in [4.69, 9.17) is 9.47 Å². The molecule has 0 atom stereocenters. The van der Waals surface area contributed by atoms with Crippen LogP contribution >= 0.6 is 15.9 Å². The largest absolute Gasteiger partial charge is 0.490 e. The maximum absolute atomic E-state index is 12.7. The van der Waals surface area contributed by atoms with Gasteiger partial charge < -0.3 is 19.5 Å². The number of rotatable bonds is 9. The second-order valence-electron chi connectivity index (χ2n) is 7.23. The van der Waals surface area contributed by atoms with Gasteiger partial charge in [0.1, 0.15) is 18.2 Å². The van der Waals surface area contributed by atoms with Gasteiger partial charge in [0.25, 0.3) is 5.91 Å². The average Bonchev–Trinajstić information content (AvgIpc) is 2.87. The Morgan fingerprint density at radius 2 is 1.77 bits per heavy atom. The summed E-state index contributed by atoms with van der Waals surface area (Å²) < 4.78 is 17.0. The number of nitrogens with zero attached hydrogens (tertiary/aromatic N) is 1. The van der Waals surface area contributed by atoms with Crippen molar-refractivity contribution in [1.82, 2.24) is 0 Å². The Labute approximate surface area is 212 Å². The van der Waals surface area contributed by atoms with Crippen molar-refractivity contribution in [1.29, 1.82) is 5.26 Å². The zero-order valence-corrected chi connectivity index (χ0v) is 20.8. The molecule has 0 aliphatic rings. The smallest absolute Gasteiger partial charge is 0.337 e. The van der Waals surface area contributed by atoms with Crippen LogP contribution in [0.25, 0.3) is 6.08 Å². The van der Waals surface area contributed by atoms with E-state index in [1.165, 1.54) is 25.3 Å². The number of halogens is 1. The zero-order chi connectivity index (χ0) is 25.2. The van der Waals surface area contributed by atoms with Crippen LogP contribution in [0.1, 0.15) is 28.4 Å². The van der Waals surface area contributed by atoms with Gasteiger partial charge in [0, 0.05) is 5.69 Å². The molecule has 1 amide bonds. The van der Waals surface area contributed by atoms with Gasteiger partial charge in [0.15, 0.2) is 11.5 Å². The monoisotopic (exact) mass is 534 g/mol. The zero-order valence-electron chi connectivity index (χ0n) is 19.2. The van der Waals surface area contributed by atoms with Crippen LogP contribution in [-0.4, -0.2) is 25.6 Å². The molecule has 3 aromatic rings. The summed E-state index contributed by atoms with van der Waals surface area (Å²) in [7, 11) is 1.29. The van der Waals surface area contributed by atoms with Gasteiger partial charge in [0.05, 0.1) is 23.8 Å². The van der Waals surface area contributed by atoms with E-state index >= 15 is 0 Å². The van der Waals surface area contributed by atoms with Gasteiger partial charge in [-0.3, -0.25) is 4.79 Å². The summed E-state index contributed by atoms with van der Waals surface area (Å²) in [4.78, 5) is 24.2. The number of nitriles is 1. The fourth-order valence-corrected chi connectivity index (χ4v) is 3.70. The molecule has 0 fully saturated rings. The van der Waals surface area contributed by atoms with E-state index < -0.39 is 11.9 Å². The molecule has 0 spiro atoms. The second-order valence-corrected chi connectivity index (χ2v) is 8.08. The van der Waals surface area contributed by atoms with Crippen LogP contribution in [0.15, 0.2) is 76.8 Å². The summed E-state index contributed by atoms with van der Waals surface area (Å²) >= 11 is 3.51. The first-order valence-electron chi connectivity index (χ1n) is 10.7. The molecule has 0 bridgehead atoms. The van der Waals surface area contributed by atoms with Gasteiger partial charge in [-0.1, -0.05) is 30.3 Å². The van der Waals surface area contributed by atoms with E-state index in [9.17, 15) is 14.9 Å². The molecule has 0 aliphatic heterocycles. The Morgan fingerprint density at radius 1 is 1.06 bits per heavy atom. The van der Waals surface area contributed by atoms with Crippen molar-refractivity contribution in [3.8, 4) is 17.6 Å². The molecule has 0 heterocycles. The highest BCUT2D eigenvalue weighted by molar-refractivity contribution is 9.10. The number of methoxy groups -OCH3 is 1. The fourth-order valence-electron chi connectivity index (χ4n) is 3.13. The summed E-state index contributed by atoms with van der Waals surface area (Å²) in [5.41, 5.74) is 2.28. The third-order valence-electron chi connectivity index (χ3n) is 4.80. The number of carbonyl (C=O) groups is 2. The summed E-state index contributed by atoms with van der Waals surface area (Å²) in [6.45, 7) is 2.63. The van der Waals surface area contributed by atoms with Crippen molar-refractivity contribution in [3.05, 3.63) is 93.5 Å². The highest BCUT2D eigenvalue weighted by Gasteiger charge is 2.15. The number of amides is 1. The van der Waals surface area contributed by atoms with Gasteiger partial charge in [0.2, 0.25) is 0 Å². The van der Waals surface area contributed by atoms with Crippen LogP contribution < -0.4 is 14.8 Å². The topological polar surface area (TPSA) is 97.7 Å². The molecule has 0 aliphatic carbocycles. The lowest BCUT2D eigenvalue weighted by Gasteiger charge is -2.15. The molecule has 35 heavy (non-hydrogen) atoms. The normalized spacial score (nSPS) is 10.7. The maximum Gasteiger partial charge on any atom is 0.337 e.